The van der Waals surface area contributed by atoms with Crippen molar-refractivity contribution in [1.29, 1.82) is 0 Å². The third-order valence-corrected chi connectivity index (χ3v) is 3.18. The van der Waals surface area contributed by atoms with Crippen LogP contribution in [0.3, 0.4) is 0 Å². The van der Waals surface area contributed by atoms with Gasteiger partial charge in [0.2, 0.25) is 0 Å². The van der Waals surface area contributed by atoms with E-state index < -0.39 is 17.3 Å². The molecular formula is C15H10F3N5O. The van der Waals surface area contributed by atoms with Gasteiger partial charge in [0.15, 0.2) is 5.69 Å². The van der Waals surface area contributed by atoms with E-state index in [1.54, 1.807) is 24.5 Å². The Labute approximate surface area is 133 Å². The maximum absolute atomic E-state index is 12.5. The number of H-pyrrole nitrogens is 2. The number of rotatable bonds is 3. The Morgan fingerprint density at radius 1 is 0.917 bits per heavy atom. The number of hydrogen-bond donors (Lipinski definition) is 2. The van der Waals surface area contributed by atoms with Crippen molar-refractivity contribution in [3.05, 3.63) is 64.7 Å². The van der Waals surface area contributed by atoms with Gasteiger partial charge < -0.3 is 0 Å². The molecule has 0 aliphatic rings. The maximum Gasteiger partial charge on any atom is 0.416 e. The number of alkyl halides is 3. The van der Waals surface area contributed by atoms with Crippen LogP contribution in [0.5, 0.6) is 0 Å². The number of pyridine rings is 1. The Kier molecular flexibility index (Phi) is 3.98. The third kappa shape index (κ3) is 3.24. The normalized spacial score (nSPS) is 12.0. The second-order valence-corrected chi connectivity index (χ2v) is 4.78. The van der Waals surface area contributed by atoms with E-state index in [2.05, 4.69) is 25.4 Å². The maximum atomic E-state index is 12.5. The van der Waals surface area contributed by atoms with Crippen molar-refractivity contribution in [2.75, 3.05) is 0 Å². The summed E-state index contributed by atoms with van der Waals surface area (Å²) in [5, 5.41) is 12.8. The molecule has 0 bridgehead atoms. The van der Waals surface area contributed by atoms with E-state index in [4.69, 9.17) is 0 Å². The molecule has 24 heavy (non-hydrogen) atoms. The largest absolute Gasteiger partial charge is 0.416 e. The first kappa shape index (κ1) is 15.7. The fourth-order valence-corrected chi connectivity index (χ4v) is 2.00. The molecule has 3 rings (SSSR count). The number of aromatic nitrogens is 3. The van der Waals surface area contributed by atoms with Gasteiger partial charge in [-0.3, -0.25) is 20.0 Å². The van der Waals surface area contributed by atoms with Crippen LogP contribution in [0.4, 0.5) is 24.5 Å². The molecule has 1 aromatic carbocycles. The first-order chi connectivity index (χ1) is 11.4. The summed E-state index contributed by atoms with van der Waals surface area (Å²) in [5.41, 5.74) is 0.0454. The number of benzene rings is 1. The Morgan fingerprint density at radius 2 is 1.58 bits per heavy atom. The average Bonchev–Trinajstić information content (AvgIpc) is 2.94. The predicted molar refractivity (Wildman–Crippen MR) is 80.3 cm³/mol. The van der Waals surface area contributed by atoms with Gasteiger partial charge in [-0.05, 0) is 36.4 Å². The summed E-state index contributed by atoms with van der Waals surface area (Å²) in [6.07, 6.45) is -1.31. The SMILES string of the molecule is O=c1[nH][nH]c(-c2ccncc2)c1N=Nc1ccc(C(F)(F)F)cc1. The number of hydrogen-bond acceptors (Lipinski definition) is 4. The van der Waals surface area contributed by atoms with E-state index in [0.29, 0.717) is 11.3 Å². The van der Waals surface area contributed by atoms with Crippen molar-refractivity contribution < 1.29 is 13.2 Å². The highest BCUT2D eigenvalue weighted by atomic mass is 19.4. The van der Waals surface area contributed by atoms with Gasteiger partial charge in [-0.2, -0.15) is 18.3 Å². The summed E-state index contributed by atoms with van der Waals surface area (Å²) in [6, 6.07) is 7.52. The minimum atomic E-state index is -4.41. The standard InChI is InChI=1S/C15H10F3N5O/c16-15(17,18)10-1-3-11(4-2-10)20-22-13-12(21-23-14(13)24)9-5-7-19-8-6-9/h1-8H,(H2,21,23,24). The second-order valence-electron chi connectivity index (χ2n) is 4.78. The summed E-state index contributed by atoms with van der Waals surface area (Å²) in [6.45, 7) is 0. The Balaban J connectivity index is 1.91. The monoisotopic (exact) mass is 333 g/mol. The number of nitrogens with one attached hydrogen (secondary N) is 2. The van der Waals surface area contributed by atoms with Gasteiger partial charge in [0.05, 0.1) is 16.9 Å². The predicted octanol–water partition coefficient (Wildman–Crippen LogP) is 4.20. The smallest absolute Gasteiger partial charge is 0.295 e. The molecule has 0 aliphatic heterocycles. The molecule has 122 valence electrons. The molecule has 2 aromatic heterocycles. The van der Waals surface area contributed by atoms with Crippen LogP contribution in [0.2, 0.25) is 0 Å². The fraction of sp³-hybridized carbons (Fsp3) is 0.0667. The molecule has 0 saturated heterocycles. The number of azo groups is 1. The van der Waals surface area contributed by atoms with Crippen molar-refractivity contribution in [3.63, 3.8) is 0 Å². The van der Waals surface area contributed by atoms with Crippen LogP contribution >= 0.6 is 0 Å². The molecule has 2 heterocycles. The number of aromatic amines is 2. The van der Waals surface area contributed by atoms with E-state index >= 15 is 0 Å². The summed E-state index contributed by atoms with van der Waals surface area (Å²) >= 11 is 0. The number of halogens is 3. The van der Waals surface area contributed by atoms with Gasteiger partial charge >= 0.3 is 6.18 Å². The minimum Gasteiger partial charge on any atom is -0.295 e. The van der Waals surface area contributed by atoms with Crippen molar-refractivity contribution >= 4 is 11.4 Å². The van der Waals surface area contributed by atoms with Crippen LogP contribution < -0.4 is 5.56 Å². The Hall–Kier alpha value is -3.23. The lowest BCUT2D eigenvalue weighted by Crippen LogP contribution is -2.03. The van der Waals surface area contributed by atoms with Crippen LogP contribution in [0, 0.1) is 0 Å². The minimum absolute atomic E-state index is 0.0288. The molecule has 2 N–H and O–H groups in total. The molecule has 0 spiro atoms. The molecule has 9 heteroatoms. The zero-order chi connectivity index (χ0) is 17.2. The van der Waals surface area contributed by atoms with Gasteiger partial charge in [0.25, 0.3) is 5.56 Å². The molecule has 6 nitrogen and oxygen atoms in total. The molecule has 0 aliphatic carbocycles. The third-order valence-electron chi connectivity index (χ3n) is 3.18. The molecule has 0 unspecified atom stereocenters. The van der Waals surface area contributed by atoms with Crippen molar-refractivity contribution in [3.8, 4) is 11.3 Å². The molecule has 0 radical (unpaired) electrons. The average molecular weight is 333 g/mol. The van der Waals surface area contributed by atoms with E-state index in [0.717, 1.165) is 12.1 Å². The molecule has 0 fully saturated rings. The van der Waals surface area contributed by atoms with Crippen molar-refractivity contribution in [2.24, 2.45) is 10.2 Å². The summed E-state index contributed by atoms with van der Waals surface area (Å²) in [5.74, 6) is 0. The quantitative estimate of drug-likeness (QED) is 0.704. The van der Waals surface area contributed by atoms with Crippen LogP contribution in [0.15, 0.2) is 63.8 Å². The second kappa shape index (κ2) is 6.11. The van der Waals surface area contributed by atoms with Gasteiger partial charge in [-0.1, -0.05) is 0 Å². The van der Waals surface area contributed by atoms with Crippen molar-refractivity contribution in [2.45, 2.75) is 6.18 Å². The van der Waals surface area contributed by atoms with Crippen LogP contribution in [-0.2, 0) is 6.18 Å². The fourth-order valence-electron chi connectivity index (χ4n) is 2.00. The molecule has 0 saturated carbocycles. The zero-order valence-corrected chi connectivity index (χ0v) is 12.0. The summed E-state index contributed by atoms with van der Waals surface area (Å²) < 4.78 is 37.5. The zero-order valence-electron chi connectivity index (χ0n) is 12.0. The topological polar surface area (TPSA) is 86.3 Å². The van der Waals surface area contributed by atoms with Gasteiger partial charge in [0, 0.05) is 18.0 Å². The van der Waals surface area contributed by atoms with Crippen molar-refractivity contribution in [1.82, 2.24) is 15.2 Å². The highest BCUT2D eigenvalue weighted by Gasteiger charge is 2.29. The van der Waals surface area contributed by atoms with Crippen LogP contribution in [0.25, 0.3) is 11.3 Å². The van der Waals surface area contributed by atoms with Crippen LogP contribution in [0.1, 0.15) is 5.56 Å². The summed E-state index contributed by atoms with van der Waals surface area (Å²) in [7, 11) is 0. The van der Waals surface area contributed by atoms with Gasteiger partial charge in [-0.25, -0.2) is 0 Å². The Bertz CT molecular complexity index is 911. The van der Waals surface area contributed by atoms with Gasteiger partial charge in [-0.15, -0.1) is 5.11 Å². The Morgan fingerprint density at radius 3 is 2.21 bits per heavy atom. The van der Waals surface area contributed by atoms with Gasteiger partial charge in [0.1, 0.15) is 0 Å². The van der Waals surface area contributed by atoms with E-state index in [1.165, 1.54) is 12.1 Å². The van der Waals surface area contributed by atoms with E-state index in [1.807, 2.05) is 0 Å². The first-order valence-electron chi connectivity index (χ1n) is 6.75. The lowest BCUT2D eigenvalue weighted by Gasteiger charge is -2.05. The lowest BCUT2D eigenvalue weighted by molar-refractivity contribution is -0.137. The van der Waals surface area contributed by atoms with Crippen LogP contribution in [-0.4, -0.2) is 15.2 Å². The van der Waals surface area contributed by atoms with E-state index in [9.17, 15) is 18.0 Å². The highest BCUT2D eigenvalue weighted by molar-refractivity contribution is 5.70. The molecule has 3 aromatic rings. The molecule has 0 atom stereocenters. The molecule has 0 amide bonds. The highest BCUT2D eigenvalue weighted by Crippen LogP contribution is 2.31. The number of nitrogens with zero attached hydrogens (tertiary/aromatic N) is 3. The lowest BCUT2D eigenvalue weighted by atomic mass is 10.2. The van der Waals surface area contributed by atoms with E-state index in [-0.39, 0.29) is 11.4 Å². The molecular weight excluding hydrogens is 323 g/mol. The summed E-state index contributed by atoms with van der Waals surface area (Å²) in [4.78, 5) is 15.7. The first-order valence-corrected chi connectivity index (χ1v) is 6.75.